The highest BCUT2D eigenvalue weighted by atomic mass is 16.5. The van der Waals surface area contributed by atoms with Gasteiger partial charge in [0.25, 0.3) is 5.56 Å². The summed E-state index contributed by atoms with van der Waals surface area (Å²) in [5.74, 6) is 1.40. The number of aromatic amines is 1. The monoisotopic (exact) mass is 472 g/mol. The maximum atomic E-state index is 13.5. The summed E-state index contributed by atoms with van der Waals surface area (Å²) in [5.41, 5.74) is 3.85. The van der Waals surface area contributed by atoms with Crippen molar-refractivity contribution in [2.75, 3.05) is 20.3 Å². The molecular formula is C26H28N6O3. The molecule has 0 aliphatic carbocycles. The number of tetrazole rings is 1. The molecule has 0 spiro atoms. The highest BCUT2D eigenvalue weighted by Gasteiger charge is 2.33. The molecule has 1 fully saturated rings. The Morgan fingerprint density at radius 3 is 2.91 bits per heavy atom. The van der Waals surface area contributed by atoms with E-state index in [-0.39, 0.29) is 11.7 Å². The minimum Gasteiger partial charge on any atom is -0.497 e. The molecule has 0 saturated carbocycles. The molecule has 6 rings (SSSR count). The lowest BCUT2D eigenvalue weighted by Crippen LogP contribution is -2.39. The molecule has 2 aliphatic heterocycles. The van der Waals surface area contributed by atoms with Crippen molar-refractivity contribution in [3.63, 3.8) is 0 Å². The highest BCUT2D eigenvalue weighted by molar-refractivity contribution is 5.80. The first-order valence-electron chi connectivity index (χ1n) is 12.1. The van der Waals surface area contributed by atoms with Gasteiger partial charge in [-0.2, -0.15) is 0 Å². The number of aromatic nitrogens is 5. The zero-order valence-electron chi connectivity index (χ0n) is 19.7. The van der Waals surface area contributed by atoms with Crippen LogP contribution in [0, 0.1) is 0 Å². The summed E-state index contributed by atoms with van der Waals surface area (Å²) >= 11 is 0. The average Bonchev–Trinajstić information content (AvgIpc) is 3.57. The van der Waals surface area contributed by atoms with Gasteiger partial charge >= 0.3 is 0 Å². The van der Waals surface area contributed by atoms with Crippen molar-refractivity contribution in [3.8, 4) is 5.75 Å². The van der Waals surface area contributed by atoms with Crippen molar-refractivity contribution < 1.29 is 9.47 Å². The van der Waals surface area contributed by atoms with E-state index in [1.807, 2.05) is 28.9 Å². The third-order valence-electron chi connectivity index (χ3n) is 7.10. The maximum absolute atomic E-state index is 13.5. The van der Waals surface area contributed by atoms with Crippen molar-refractivity contribution >= 4 is 10.9 Å². The van der Waals surface area contributed by atoms with E-state index in [9.17, 15) is 4.79 Å². The van der Waals surface area contributed by atoms with Gasteiger partial charge in [0.05, 0.1) is 19.8 Å². The summed E-state index contributed by atoms with van der Waals surface area (Å²) in [5, 5.41) is 13.7. The van der Waals surface area contributed by atoms with Crippen LogP contribution in [0.15, 0.2) is 53.3 Å². The van der Waals surface area contributed by atoms with Crippen LogP contribution in [-0.2, 0) is 24.2 Å². The summed E-state index contributed by atoms with van der Waals surface area (Å²) in [6, 6.07) is 15.7. The van der Waals surface area contributed by atoms with E-state index >= 15 is 0 Å². The summed E-state index contributed by atoms with van der Waals surface area (Å²) < 4.78 is 13.1. The van der Waals surface area contributed by atoms with Gasteiger partial charge in [0.2, 0.25) is 0 Å². The molecule has 1 N–H and O–H groups in total. The minimum absolute atomic E-state index is 0.0825. The van der Waals surface area contributed by atoms with E-state index < -0.39 is 6.04 Å². The fourth-order valence-corrected chi connectivity index (χ4v) is 5.29. The molecule has 0 unspecified atom stereocenters. The summed E-state index contributed by atoms with van der Waals surface area (Å²) in [6.07, 6.45) is 3.01. The smallest absolute Gasteiger partial charge is 0.253 e. The van der Waals surface area contributed by atoms with E-state index in [1.54, 1.807) is 7.11 Å². The third-order valence-corrected chi connectivity index (χ3v) is 7.10. The first kappa shape index (κ1) is 21.9. The molecule has 0 bridgehead atoms. The average molecular weight is 473 g/mol. The second kappa shape index (κ2) is 9.24. The van der Waals surface area contributed by atoms with Crippen molar-refractivity contribution in [1.82, 2.24) is 30.1 Å². The maximum Gasteiger partial charge on any atom is 0.253 e. The molecule has 2 aromatic heterocycles. The molecule has 9 heteroatoms. The van der Waals surface area contributed by atoms with E-state index in [1.165, 1.54) is 11.1 Å². The molecule has 2 aromatic carbocycles. The van der Waals surface area contributed by atoms with Crippen LogP contribution in [0.5, 0.6) is 5.75 Å². The Labute approximate surface area is 202 Å². The molecule has 9 nitrogen and oxygen atoms in total. The predicted octanol–water partition coefficient (Wildman–Crippen LogP) is 2.85. The minimum atomic E-state index is -0.404. The van der Waals surface area contributed by atoms with E-state index in [2.05, 4.69) is 49.7 Å². The zero-order valence-corrected chi connectivity index (χ0v) is 19.7. The molecule has 4 heterocycles. The van der Waals surface area contributed by atoms with Crippen LogP contribution in [0.1, 0.15) is 41.4 Å². The number of benzene rings is 2. The van der Waals surface area contributed by atoms with Crippen molar-refractivity contribution in [2.45, 2.75) is 44.5 Å². The van der Waals surface area contributed by atoms with Crippen LogP contribution >= 0.6 is 0 Å². The van der Waals surface area contributed by atoms with E-state index in [0.29, 0.717) is 24.5 Å². The van der Waals surface area contributed by atoms with Crippen molar-refractivity contribution in [2.24, 2.45) is 0 Å². The summed E-state index contributed by atoms with van der Waals surface area (Å²) in [7, 11) is 1.64. The van der Waals surface area contributed by atoms with Gasteiger partial charge in [-0.1, -0.05) is 24.3 Å². The lowest BCUT2D eigenvalue weighted by molar-refractivity contribution is 0.0904. The van der Waals surface area contributed by atoms with Gasteiger partial charge in [0, 0.05) is 36.2 Å². The van der Waals surface area contributed by atoms with Gasteiger partial charge in [-0.25, -0.2) is 4.68 Å². The lowest BCUT2D eigenvalue weighted by atomic mass is 9.96. The SMILES string of the molecule is COc1ccc2[nH]c(=O)c([C@@H](c3nnnn3C[C@H]3CCCO3)N3CCc4ccccc4C3)cc2c1. The van der Waals surface area contributed by atoms with Gasteiger partial charge < -0.3 is 14.5 Å². The quantitative estimate of drug-likeness (QED) is 0.461. The number of hydrogen-bond donors (Lipinski definition) is 1. The number of nitrogens with one attached hydrogen (secondary N) is 1. The lowest BCUT2D eigenvalue weighted by Gasteiger charge is -2.35. The van der Waals surface area contributed by atoms with Gasteiger partial charge in [0.1, 0.15) is 11.8 Å². The first-order valence-corrected chi connectivity index (χ1v) is 12.1. The largest absolute Gasteiger partial charge is 0.497 e. The van der Waals surface area contributed by atoms with Gasteiger partial charge in [0.15, 0.2) is 5.82 Å². The molecule has 2 atom stereocenters. The Morgan fingerprint density at radius 2 is 2.09 bits per heavy atom. The number of hydrogen-bond acceptors (Lipinski definition) is 7. The van der Waals surface area contributed by atoms with Crippen LogP contribution in [0.25, 0.3) is 10.9 Å². The standard InChI is InChI=1S/C26H28N6O3/c1-34-20-8-9-23-19(13-20)14-22(26(33)27-23)24(31-11-10-17-5-2-3-6-18(17)15-31)25-28-29-30-32(25)16-21-7-4-12-35-21/h2-3,5-6,8-9,13-14,21,24H,4,7,10-12,15-16H2,1H3,(H,27,33)/t21-,24+/m1/s1. The second-order valence-electron chi connectivity index (χ2n) is 9.25. The third kappa shape index (κ3) is 4.21. The number of rotatable bonds is 6. The Kier molecular flexibility index (Phi) is 5.79. The van der Waals surface area contributed by atoms with Crippen molar-refractivity contribution in [1.29, 1.82) is 0 Å². The zero-order chi connectivity index (χ0) is 23.8. The molecular weight excluding hydrogens is 444 g/mol. The number of H-pyrrole nitrogens is 1. The Morgan fingerprint density at radius 1 is 1.20 bits per heavy atom. The molecule has 1 saturated heterocycles. The van der Waals surface area contributed by atoms with Crippen LogP contribution in [0.2, 0.25) is 0 Å². The molecule has 0 radical (unpaired) electrons. The fraction of sp³-hybridized carbons (Fsp3) is 0.385. The predicted molar refractivity (Wildman–Crippen MR) is 130 cm³/mol. The fourth-order valence-electron chi connectivity index (χ4n) is 5.29. The molecule has 180 valence electrons. The van der Waals surface area contributed by atoms with E-state index in [0.717, 1.165) is 49.1 Å². The van der Waals surface area contributed by atoms with Crippen LogP contribution < -0.4 is 10.3 Å². The molecule has 0 amide bonds. The Hall–Kier alpha value is -3.56. The van der Waals surface area contributed by atoms with E-state index in [4.69, 9.17) is 9.47 Å². The van der Waals surface area contributed by atoms with Gasteiger partial charge in [-0.15, -0.1) is 5.10 Å². The highest BCUT2D eigenvalue weighted by Crippen LogP contribution is 2.32. The van der Waals surface area contributed by atoms with Crippen LogP contribution in [-0.4, -0.2) is 56.5 Å². The topological polar surface area (TPSA) is 98.2 Å². The number of methoxy groups -OCH3 is 1. The number of nitrogens with zero attached hydrogens (tertiary/aromatic N) is 5. The number of pyridine rings is 1. The molecule has 2 aliphatic rings. The summed E-state index contributed by atoms with van der Waals surface area (Å²) in [6.45, 7) is 2.84. The normalized spacial score (nSPS) is 19.1. The summed E-state index contributed by atoms with van der Waals surface area (Å²) in [4.78, 5) is 18.8. The molecule has 4 aromatic rings. The Bertz CT molecular complexity index is 1410. The molecule has 35 heavy (non-hydrogen) atoms. The van der Waals surface area contributed by atoms with Crippen LogP contribution in [0.4, 0.5) is 0 Å². The van der Waals surface area contributed by atoms with Crippen LogP contribution in [0.3, 0.4) is 0 Å². The first-order chi connectivity index (χ1) is 17.2. The number of fused-ring (bicyclic) bond motifs is 2. The van der Waals surface area contributed by atoms with Gasteiger partial charge in [-0.3, -0.25) is 9.69 Å². The number of ether oxygens (including phenoxy) is 2. The van der Waals surface area contributed by atoms with Gasteiger partial charge in [-0.05, 0) is 65.1 Å². The second-order valence-corrected chi connectivity index (χ2v) is 9.25. The Balaban J connectivity index is 1.46. The van der Waals surface area contributed by atoms with Crippen molar-refractivity contribution in [3.05, 3.63) is 81.4 Å².